The SMILES string of the molecule is Cc1ccc(NC(=S)Nc2ccccc2C(=O)NCc2ccccc2)cc1. The van der Waals surface area contributed by atoms with E-state index in [9.17, 15) is 4.79 Å². The Hall–Kier alpha value is -3.18. The number of thiocarbonyl (C=S) groups is 1. The molecule has 0 aromatic heterocycles. The second-order valence-electron chi connectivity index (χ2n) is 6.16. The summed E-state index contributed by atoms with van der Waals surface area (Å²) in [6.45, 7) is 2.50. The zero-order valence-electron chi connectivity index (χ0n) is 15.0. The number of para-hydroxylation sites is 1. The number of aryl methyl sites for hydroxylation is 1. The fourth-order valence-corrected chi connectivity index (χ4v) is 2.81. The summed E-state index contributed by atoms with van der Waals surface area (Å²) in [6.07, 6.45) is 0. The van der Waals surface area contributed by atoms with Gasteiger partial charge in [-0.1, -0.05) is 60.2 Å². The Balaban J connectivity index is 1.65. The highest BCUT2D eigenvalue weighted by atomic mass is 32.1. The first-order valence-electron chi connectivity index (χ1n) is 8.67. The minimum atomic E-state index is -0.153. The number of nitrogens with one attached hydrogen (secondary N) is 3. The van der Waals surface area contributed by atoms with Gasteiger partial charge in [-0.15, -0.1) is 0 Å². The number of carbonyl (C=O) groups is 1. The van der Waals surface area contributed by atoms with Crippen molar-refractivity contribution in [1.82, 2.24) is 5.32 Å². The van der Waals surface area contributed by atoms with E-state index in [1.807, 2.05) is 79.7 Å². The first-order valence-corrected chi connectivity index (χ1v) is 9.08. The van der Waals surface area contributed by atoms with E-state index >= 15 is 0 Å². The molecule has 136 valence electrons. The van der Waals surface area contributed by atoms with Gasteiger partial charge in [-0.25, -0.2) is 0 Å². The number of carbonyl (C=O) groups excluding carboxylic acids is 1. The summed E-state index contributed by atoms with van der Waals surface area (Å²) in [5.41, 5.74) is 4.32. The van der Waals surface area contributed by atoms with E-state index in [1.54, 1.807) is 6.07 Å². The summed E-state index contributed by atoms with van der Waals surface area (Å²) in [6, 6.07) is 25.1. The molecule has 0 aliphatic carbocycles. The van der Waals surface area contributed by atoms with E-state index in [4.69, 9.17) is 12.2 Å². The number of amides is 1. The fraction of sp³-hybridized carbons (Fsp3) is 0.0909. The van der Waals surface area contributed by atoms with Crippen molar-refractivity contribution in [1.29, 1.82) is 0 Å². The average Bonchev–Trinajstić information content (AvgIpc) is 2.69. The Morgan fingerprint density at radius 1 is 0.852 bits per heavy atom. The van der Waals surface area contributed by atoms with Gasteiger partial charge in [0.2, 0.25) is 0 Å². The lowest BCUT2D eigenvalue weighted by atomic mass is 10.1. The Kier molecular flexibility index (Phi) is 6.18. The number of benzene rings is 3. The molecule has 27 heavy (non-hydrogen) atoms. The lowest BCUT2D eigenvalue weighted by Gasteiger charge is -2.14. The van der Waals surface area contributed by atoms with Crippen molar-refractivity contribution in [2.45, 2.75) is 13.5 Å². The van der Waals surface area contributed by atoms with E-state index < -0.39 is 0 Å². The van der Waals surface area contributed by atoms with Crippen molar-refractivity contribution in [2.75, 3.05) is 10.6 Å². The van der Waals surface area contributed by atoms with Gasteiger partial charge in [0, 0.05) is 12.2 Å². The van der Waals surface area contributed by atoms with Gasteiger partial charge in [0.05, 0.1) is 11.3 Å². The molecule has 0 spiro atoms. The molecule has 3 rings (SSSR count). The normalized spacial score (nSPS) is 10.1. The lowest BCUT2D eigenvalue weighted by Crippen LogP contribution is -2.26. The van der Waals surface area contributed by atoms with Crippen LogP contribution in [0.5, 0.6) is 0 Å². The van der Waals surface area contributed by atoms with Gasteiger partial charge >= 0.3 is 0 Å². The average molecular weight is 375 g/mol. The largest absolute Gasteiger partial charge is 0.348 e. The molecule has 0 aliphatic heterocycles. The molecule has 0 saturated heterocycles. The number of hydrogen-bond donors (Lipinski definition) is 3. The van der Waals surface area contributed by atoms with Crippen molar-refractivity contribution in [3.8, 4) is 0 Å². The van der Waals surface area contributed by atoms with Crippen molar-refractivity contribution in [2.24, 2.45) is 0 Å². The van der Waals surface area contributed by atoms with Crippen molar-refractivity contribution in [3.05, 3.63) is 95.6 Å². The van der Waals surface area contributed by atoms with Gasteiger partial charge in [-0.3, -0.25) is 4.79 Å². The van der Waals surface area contributed by atoms with Crippen LogP contribution in [0.25, 0.3) is 0 Å². The Bertz CT molecular complexity index is 924. The van der Waals surface area contributed by atoms with Crippen LogP contribution in [0.1, 0.15) is 21.5 Å². The summed E-state index contributed by atoms with van der Waals surface area (Å²) in [5, 5.41) is 9.62. The summed E-state index contributed by atoms with van der Waals surface area (Å²) >= 11 is 5.38. The third-order valence-electron chi connectivity index (χ3n) is 4.03. The van der Waals surface area contributed by atoms with Crippen molar-refractivity contribution < 1.29 is 4.79 Å². The zero-order chi connectivity index (χ0) is 19.1. The van der Waals surface area contributed by atoms with Crippen molar-refractivity contribution >= 4 is 34.6 Å². The molecule has 0 aliphatic rings. The highest BCUT2D eigenvalue weighted by molar-refractivity contribution is 7.80. The second-order valence-corrected chi connectivity index (χ2v) is 6.57. The summed E-state index contributed by atoms with van der Waals surface area (Å²) in [4.78, 5) is 12.6. The van der Waals surface area contributed by atoms with Gasteiger partial charge in [-0.05, 0) is 49.0 Å². The summed E-state index contributed by atoms with van der Waals surface area (Å²) in [7, 11) is 0. The molecule has 0 atom stereocenters. The Morgan fingerprint density at radius 3 is 2.26 bits per heavy atom. The van der Waals surface area contributed by atoms with E-state index in [-0.39, 0.29) is 5.91 Å². The van der Waals surface area contributed by atoms with Crippen molar-refractivity contribution in [3.63, 3.8) is 0 Å². The molecule has 3 aromatic rings. The van der Waals surface area contributed by atoms with Crippen LogP contribution < -0.4 is 16.0 Å². The van der Waals surface area contributed by atoms with E-state index in [2.05, 4.69) is 16.0 Å². The standard InChI is InChI=1S/C22H21N3OS/c1-16-11-13-18(14-12-16)24-22(27)25-20-10-6-5-9-19(20)21(26)23-15-17-7-3-2-4-8-17/h2-14H,15H2,1H3,(H,23,26)(H2,24,25,27). The molecule has 4 nitrogen and oxygen atoms in total. The summed E-state index contributed by atoms with van der Waals surface area (Å²) < 4.78 is 0. The van der Waals surface area contributed by atoms with Crippen LogP contribution in [-0.2, 0) is 6.54 Å². The maximum absolute atomic E-state index is 12.6. The third kappa shape index (κ3) is 5.39. The Labute approximate surface area is 164 Å². The smallest absolute Gasteiger partial charge is 0.253 e. The molecule has 0 unspecified atom stereocenters. The third-order valence-corrected chi connectivity index (χ3v) is 4.23. The number of anilines is 2. The van der Waals surface area contributed by atoms with Gasteiger partial charge in [0.25, 0.3) is 5.91 Å². The first kappa shape index (κ1) is 18.6. The van der Waals surface area contributed by atoms with Gasteiger partial charge in [0.15, 0.2) is 5.11 Å². The van der Waals surface area contributed by atoms with Crippen LogP contribution in [0.3, 0.4) is 0 Å². The molecule has 1 amide bonds. The number of rotatable bonds is 5. The molecule has 0 saturated carbocycles. The maximum atomic E-state index is 12.6. The van der Waals surface area contributed by atoms with Crippen LogP contribution in [0.15, 0.2) is 78.9 Å². The molecule has 3 N–H and O–H groups in total. The van der Waals surface area contributed by atoms with E-state index in [0.29, 0.717) is 22.9 Å². The second kappa shape index (κ2) is 8.96. The first-order chi connectivity index (χ1) is 13.1. The van der Waals surface area contributed by atoms with Gasteiger partial charge in [-0.2, -0.15) is 0 Å². The highest BCUT2D eigenvalue weighted by Gasteiger charge is 2.11. The number of hydrogen-bond acceptors (Lipinski definition) is 2. The molecular formula is C22H21N3OS. The van der Waals surface area contributed by atoms with Gasteiger partial charge in [0.1, 0.15) is 0 Å². The molecule has 0 fully saturated rings. The maximum Gasteiger partial charge on any atom is 0.253 e. The van der Waals surface area contributed by atoms with E-state index in [1.165, 1.54) is 5.56 Å². The molecule has 0 bridgehead atoms. The van der Waals surface area contributed by atoms with E-state index in [0.717, 1.165) is 11.3 Å². The highest BCUT2D eigenvalue weighted by Crippen LogP contribution is 2.16. The molecular weight excluding hydrogens is 354 g/mol. The van der Waals surface area contributed by atoms with Gasteiger partial charge < -0.3 is 16.0 Å². The lowest BCUT2D eigenvalue weighted by molar-refractivity contribution is 0.0952. The molecule has 0 radical (unpaired) electrons. The minimum Gasteiger partial charge on any atom is -0.348 e. The predicted octanol–water partition coefficient (Wildman–Crippen LogP) is 4.73. The molecule has 3 aromatic carbocycles. The molecule has 0 heterocycles. The van der Waals surface area contributed by atoms with Crippen LogP contribution >= 0.6 is 12.2 Å². The van der Waals surface area contributed by atoms with Crippen LogP contribution in [0, 0.1) is 6.92 Å². The van der Waals surface area contributed by atoms with Crippen LogP contribution in [0.4, 0.5) is 11.4 Å². The van der Waals surface area contributed by atoms with Crippen LogP contribution in [0.2, 0.25) is 0 Å². The van der Waals surface area contributed by atoms with Crippen LogP contribution in [-0.4, -0.2) is 11.0 Å². The summed E-state index contributed by atoms with van der Waals surface area (Å²) in [5.74, 6) is -0.153. The monoisotopic (exact) mass is 375 g/mol. The fourth-order valence-electron chi connectivity index (χ4n) is 2.59. The predicted molar refractivity (Wildman–Crippen MR) is 115 cm³/mol. The molecule has 5 heteroatoms. The topological polar surface area (TPSA) is 53.2 Å². The quantitative estimate of drug-likeness (QED) is 0.564. The minimum absolute atomic E-state index is 0.153. The zero-order valence-corrected chi connectivity index (χ0v) is 15.8. The Morgan fingerprint density at radius 2 is 1.52 bits per heavy atom.